The number of carbonyl (C=O) groups excluding carboxylic acids is 1. The number of aromatic nitrogens is 1. The lowest BCUT2D eigenvalue weighted by Gasteiger charge is -2.10. The van der Waals surface area contributed by atoms with Gasteiger partial charge in [-0.05, 0) is 31.4 Å². The summed E-state index contributed by atoms with van der Waals surface area (Å²) in [6.45, 7) is 1.47. The molecule has 17 heavy (non-hydrogen) atoms. The summed E-state index contributed by atoms with van der Waals surface area (Å²) in [5.74, 6) is 0.0751. The van der Waals surface area contributed by atoms with Crippen LogP contribution in [0.3, 0.4) is 0 Å². The maximum Gasteiger partial charge on any atom is 0.220 e. The van der Waals surface area contributed by atoms with Crippen molar-refractivity contribution in [1.82, 2.24) is 10.3 Å². The van der Waals surface area contributed by atoms with Crippen LogP contribution in [0.4, 0.5) is 0 Å². The van der Waals surface area contributed by atoms with Gasteiger partial charge in [0.05, 0.1) is 6.10 Å². The molecule has 4 heteroatoms. The summed E-state index contributed by atoms with van der Waals surface area (Å²) < 4.78 is 5.44. The van der Waals surface area contributed by atoms with Crippen LogP contribution in [-0.2, 0) is 16.0 Å². The number of pyridine rings is 1. The van der Waals surface area contributed by atoms with Crippen LogP contribution < -0.4 is 5.32 Å². The molecule has 0 saturated carbocycles. The summed E-state index contributed by atoms with van der Waals surface area (Å²) in [7, 11) is 0. The average molecular weight is 234 g/mol. The first-order chi connectivity index (χ1) is 8.34. The second-order valence-electron chi connectivity index (χ2n) is 4.26. The van der Waals surface area contributed by atoms with E-state index >= 15 is 0 Å². The van der Waals surface area contributed by atoms with Crippen molar-refractivity contribution < 1.29 is 9.53 Å². The van der Waals surface area contributed by atoms with Crippen LogP contribution in [0.5, 0.6) is 0 Å². The second kappa shape index (κ2) is 6.35. The highest BCUT2D eigenvalue weighted by Crippen LogP contribution is 2.10. The second-order valence-corrected chi connectivity index (χ2v) is 4.26. The summed E-state index contributed by atoms with van der Waals surface area (Å²) in [5.41, 5.74) is 0.958. The normalized spacial score (nSPS) is 19.2. The fraction of sp³-hybridized carbons (Fsp3) is 0.538. The van der Waals surface area contributed by atoms with Gasteiger partial charge in [0, 0.05) is 31.5 Å². The Morgan fingerprint density at radius 1 is 1.53 bits per heavy atom. The van der Waals surface area contributed by atoms with Crippen molar-refractivity contribution in [1.29, 1.82) is 0 Å². The zero-order valence-corrected chi connectivity index (χ0v) is 9.89. The molecule has 1 unspecified atom stereocenters. The third-order valence-corrected chi connectivity index (χ3v) is 2.89. The molecule has 1 aliphatic heterocycles. The molecule has 1 fully saturated rings. The standard InChI is InChI=1S/C13H18N2O2/c16-13(15-10-12-5-3-9-17-12)7-6-11-4-1-2-8-14-11/h1-2,4,8,12H,3,5-7,9-10H2,(H,15,16). The van der Waals surface area contributed by atoms with Crippen molar-refractivity contribution in [3.63, 3.8) is 0 Å². The van der Waals surface area contributed by atoms with Gasteiger partial charge in [-0.2, -0.15) is 0 Å². The van der Waals surface area contributed by atoms with Gasteiger partial charge in [-0.25, -0.2) is 0 Å². The van der Waals surface area contributed by atoms with Gasteiger partial charge in [0.15, 0.2) is 0 Å². The van der Waals surface area contributed by atoms with Gasteiger partial charge in [0.1, 0.15) is 0 Å². The number of amides is 1. The van der Waals surface area contributed by atoms with Gasteiger partial charge < -0.3 is 10.1 Å². The zero-order valence-electron chi connectivity index (χ0n) is 9.89. The van der Waals surface area contributed by atoms with E-state index in [1.54, 1.807) is 6.20 Å². The van der Waals surface area contributed by atoms with Gasteiger partial charge >= 0.3 is 0 Å². The predicted octanol–water partition coefficient (Wildman–Crippen LogP) is 1.31. The molecule has 1 aromatic rings. The first kappa shape index (κ1) is 12.0. The Balaban J connectivity index is 1.64. The maximum atomic E-state index is 11.6. The van der Waals surface area contributed by atoms with Crippen molar-refractivity contribution in [2.45, 2.75) is 31.8 Å². The maximum absolute atomic E-state index is 11.6. The first-order valence-corrected chi connectivity index (χ1v) is 6.13. The highest BCUT2D eigenvalue weighted by atomic mass is 16.5. The number of hydrogen-bond donors (Lipinski definition) is 1. The minimum absolute atomic E-state index is 0.0751. The van der Waals surface area contributed by atoms with Crippen LogP contribution in [0.15, 0.2) is 24.4 Å². The van der Waals surface area contributed by atoms with E-state index in [2.05, 4.69) is 10.3 Å². The monoisotopic (exact) mass is 234 g/mol. The smallest absolute Gasteiger partial charge is 0.220 e. The molecule has 0 radical (unpaired) electrons. The highest BCUT2D eigenvalue weighted by Gasteiger charge is 2.15. The summed E-state index contributed by atoms with van der Waals surface area (Å²) >= 11 is 0. The number of hydrogen-bond acceptors (Lipinski definition) is 3. The molecule has 1 saturated heterocycles. The molecule has 0 spiro atoms. The van der Waals surface area contributed by atoms with Gasteiger partial charge in [0.25, 0.3) is 0 Å². The Morgan fingerprint density at radius 2 is 2.47 bits per heavy atom. The van der Waals surface area contributed by atoms with E-state index in [9.17, 15) is 4.79 Å². The molecule has 0 aliphatic carbocycles. The van der Waals surface area contributed by atoms with E-state index in [1.165, 1.54) is 0 Å². The van der Waals surface area contributed by atoms with Crippen LogP contribution in [0, 0.1) is 0 Å². The van der Waals surface area contributed by atoms with Crippen molar-refractivity contribution in [2.75, 3.05) is 13.2 Å². The summed E-state index contributed by atoms with van der Waals surface area (Å²) in [4.78, 5) is 15.8. The lowest BCUT2D eigenvalue weighted by atomic mass is 10.2. The Hall–Kier alpha value is -1.42. The summed E-state index contributed by atoms with van der Waals surface area (Å²) in [6, 6.07) is 5.75. The minimum Gasteiger partial charge on any atom is -0.376 e. The lowest BCUT2D eigenvalue weighted by molar-refractivity contribution is -0.121. The van der Waals surface area contributed by atoms with Crippen molar-refractivity contribution >= 4 is 5.91 Å². The van der Waals surface area contributed by atoms with E-state index < -0.39 is 0 Å². The van der Waals surface area contributed by atoms with E-state index in [0.717, 1.165) is 25.1 Å². The van der Waals surface area contributed by atoms with Crippen LogP contribution in [0.2, 0.25) is 0 Å². The third kappa shape index (κ3) is 4.15. The Labute approximate surface area is 101 Å². The van der Waals surface area contributed by atoms with Gasteiger partial charge in [0.2, 0.25) is 5.91 Å². The number of aryl methyl sites for hydroxylation is 1. The SMILES string of the molecule is O=C(CCc1ccccn1)NCC1CCCO1. The van der Waals surface area contributed by atoms with Crippen molar-refractivity contribution in [3.05, 3.63) is 30.1 Å². The van der Waals surface area contributed by atoms with Crippen LogP contribution in [0.25, 0.3) is 0 Å². The highest BCUT2D eigenvalue weighted by molar-refractivity contribution is 5.76. The quantitative estimate of drug-likeness (QED) is 0.835. The first-order valence-electron chi connectivity index (χ1n) is 6.13. The largest absolute Gasteiger partial charge is 0.376 e. The fourth-order valence-electron chi connectivity index (χ4n) is 1.91. The van der Waals surface area contributed by atoms with Gasteiger partial charge in [-0.3, -0.25) is 9.78 Å². The minimum atomic E-state index is 0.0751. The van der Waals surface area contributed by atoms with E-state index in [-0.39, 0.29) is 12.0 Å². The average Bonchev–Trinajstić information content (AvgIpc) is 2.88. The Bertz CT molecular complexity index is 348. The number of nitrogens with zero attached hydrogens (tertiary/aromatic N) is 1. The molecule has 1 amide bonds. The molecule has 92 valence electrons. The van der Waals surface area contributed by atoms with Crippen molar-refractivity contribution in [2.24, 2.45) is 0 Å². The molecular formula is C13H18N2O2. The molecule has 1 aromatic heterocycles. The van der Waals surface area contributed by atoms with Gasteiger partial charge in [-0.1, -0.05) is 6.07 Å². The molecule has 0 aromatic carbocycles. The zero-order chi connectivity index (χ0) is 11.9. The van der Waals surface area contributed by atoms with E-state index in [1.807, 2.05) is 18.2 Å². The third-order valence-electron chi connectivity index (χ3n) is 2.89. The molecule has 1 N–H and O–H groups in total. The topological polar surface area (TPSA) is 51.2 Å². The molecule has 2 heterocycles. The number of rotatable bonds is 5. The molecule has 1 atom stereocenters. The molecule has 4 nitrogen and oxygen atoms in total. The Kier molecular flexibility index (Phi) is 4.50. The summed E-state index contributed by atoms with van der Waals surface area (Å²) in [5, 5.41) is 2.90. The number of nitrogens with one attached hydrogen (secondary N) is 1. The molecular weight excluding hydrogens is 216 g/mol. The fourth-order valence-corrected chi connectivity index (χ4v) is 1.91. The molecule has 2 rings (SSSR count). The van der Waals surface area contributed by atoms with Crippen LogP contribution in [0.1, 0.15) is 25.0 Å². The molecule has 0 bridgehead atoms. The van der Waals surface area contributed by atoms with E-state index in [4.69, 9.17) is 4.74 Å². The van der Waals surface area contributed by atoms with Crippen molar-refractivity contribution in [3.8, 4) is 0 Å². The Morgan fingerprint density at radius 3 is 3.18 bits per heavy atom. The predicted molar refractivity (Wildman–Crippen MR) is 64.5 cm³/mol. The van der Waals surface area contributed by atoms with Gasteiger partial charge in [-0.15, -0.1) is 0 Å². The number of ether oxygens (including phenoxy) is 1. The summed E-state index contributed by atoms with van der Waals surface area (Å²) in [6.07, 6.45) is 5.31. The van der Waals surface area contributed by atoms with Crippen LogP contribution in [-0.4, -0.2) is 30.1 Å². The van der Waals surface area contributed by atoms with Crippen LogP contribution >= 0.6 is 0 Å². The number of carbonyl (C=O) groups is 1. The lowest BCUT2D eigenvalue weighted by Crippen LogP contribution is -2.31. The van der Waals surface area contributed by atoms with E-state index in [0.29, 0.717) is 19.4 Å². The molecule has 1 aliphatic rings.